The lowest BCUT2D eigenvalue weighted by Crippen LogP contribution is -2.35. The molecule has 0 amide bonds. The molecule has 1 aliphatic rings. The molecule has 39 heavy (non-hydrogen) atoms. The molecule has 208 valence electrons. The van der Waals surface area contributed by atoms with Gasteiger partial charge in [0.05, 0.1) is 10.6 Å². The lowest BCUT2D eigenvalue weighted by atomic mass is 10.1. The smallest absolute Gasteiger partial charge is 0.324 e. The minimum Gasteiger partial charge on any atom is -0.480 e. The SMILES string of the molecule is CCN(CCN(C)C)c1ccnc(N2CCc3cc(N(CC(=O)O)S(=O)(=O)c4cc(Cl)cc(Cl)c4)ccc32)n1. The number of nitrogens with zero attached hydrogens (tertiary/aromatic N) is 6. The zero-order valence-corrected chi connectivity index (χ0v) is 24.2. The van der Waals surface area contributed by atoms with Crippen LogP contribution in [-0.2, 0) is 21.2 Å². The Labute approximate surface area is 238 Å². The van der Waals surface area contributed by atoms with Gasteiger partial charge >= 0.3 is 5.97 Å². The van der Waals surface area contributed by atoms with Gasteiger partial charge in [-0.15, -0.1) is 0 Å². The van der Waals surface area contributed by atoms with E-state index in [1.165, 1.54) is 18.2 Å². The van der Waals surface area contributed by atoms with Gasteiger partial charge in [-0.3, -0.25) is 9.10 Å². The van der Waals surface area contributed by atoms with Gasteiger partial charge in [0.25, 0.3) is 10.0 Å². The molecule has 4 rings (SSSR count). The maximum Gasteiger partial charge on any atom is 0.324 e. The number of benzene rings is 2. The largest absolute Gasteiger partial charge is 0.480 e. The van der Waals surface area contributed by atoms with Crippen molar-refractivity contribution in [2.75, 3.05) is 60.9 Å². The van der Waals surface area contributed by atoms with Crippen LogP contribution in [0.1, 0.15) is 12.5 Å². The van der Waals surface area contributed by atoms with Gasteiger partial charge in [-0.1, -0.05) is 23.2 Å². The van der Waals surface area contributed by atoms with Crippen molar-refractivity contribution in [3.8, 4) is 0 Å². The molecule has 13 heteroatoms. The molecule has 1 N–H and O–H groups in total. The van der Waals surface area contributed by atoms with Gasteiger partial charge in [-0.25, -0.2) is 13.4 Å². The van der Waals surface area contributed by atoms with E-state index in [9.17, 15) is 18.3 Å². The van der Waals surface area contributed by atoms with E-state index in [4.69, 9.17) is 28.2 Å². The molecule has 0 radical (unpaired) electrons. The highest BCUT2D eigenvalue weighted by Crippen LogP contribution is 2.37. The van der Waals surface area contributed by atoms with Crippen LogP contribution in [0, 0.1) is 0 Å². The number of aromatic nitrogens is 2. The molecule has 0 bridgehead atoms. The monoisotopic (exact) mass is 592 g/mol. The molecule has 1 aromatic heterocycles. The fourth-order valence-corrected chi connectivity index (χ4v) is 6.53. The van der Waals surface area contributed by atoms with Crippen LogP contribution in [0.25, 0.3) is 0 Å². The molecule has 0 saturated carbocycles. The van der Waals surface area contributed by atoms with Gasteiger partial charge in [0.1, 0.15) is 12.4 Å². The number of likely N-dealkylation sites (N-methyl/N-ethyl adjacent to an activating group) is 2. The van der Waals surface area contributed by atoms with Gasteiger partial charge in [0.15, 0.2) is 0 Å². The molecule has 0 fully saturated rings. The molecular formula is C26H30Cl2N6O4S. The van der Waals surface area contributed by atoms with E-state index in [0.29, 0.717) is 18.9 Å². The zero-order chi connectivity index (χ0) is 28.3. The number of carboxylic acids is 1. The van der Waals surface area contributed by atoms with E-state index in [1.807, 2.05) is 25.1 Å². The fraction of sp³-hybridized carbons (Fsp3) is 0.346. The third-order valence-electron chi connectivity index (χ3n) is 6.34. The second kappa shape index (κ2) is 12.0. The first-order valence-electron chi connectivity index (χ1n) is 12.3. The van der Waals surface area contributed by atoms with Gasteiger partial charge in [-0.05, 0) is 75.5 Å². The summed E-state index contributed by atoms with van der Waals surface area (Å²) in [5, 5.41) is 9.78. The van der Waals surface area contributed by atoms with Crippen molar-refractivity contribution in [1.82, 2.24) is 14.9 Å². The number of aliphatic carboxylic acids is 1. The number of rotatable bonds is 11. The maximum absolute atomic E-state index is 13.5. The Morgan fingerprint density at radius 3 is 2.44 bits per heavy atom. The first-order valence-corrected chi connectivity index (χ1v) is 14.5. The summed E-state index contributed by atoms with van der Waals surface area (Å²) in [6.07, 6.45) is 2.35. The molecule has 0 unspecified atom stereocenters. The predicted octanol–water partition coefficient (Wildman–Crippen LogP) is 4.15. The Morgan fingerprint density at radius 2 is 1.79 bits per heavy atom. The summed E-state index contributed by atoms with van der Waals surface area (Å²) in [6, 6.07) is 10.8. The molecule has 0 saturated heterocycles. The van der Waals surface area contributed by atoms with Crippen molar-refractivity contribution in [3.63, 3.8) is 0 Å². The van der Waals surface area contributed by atoms with E-state index >= 15 is 0 Å². The van der Waals surface area contributed by atoms with Gasteiger partial charge in [0, 0.05) is 48.1 Å². The van der Waals surface area contributed by atoms with E-state index in [1.54, 1.807) is 24.4 Å². The summed E-state index contributed by atoms with van der Waals surface area (Å²) in [6.45, 7) is 4.43. The minimum atomic E-state index is -4.27. The molecule has 10 nitrogen and oxygen atoms in total. The summed E-state index contributed by atoms with van der Waals surface area (Å²) in [4.78, 5) is 27.1. The van der Waals surface area contributed by atoms with Gasteiger partial charge in [-0.2, -0.15) is 4.98 Å². The van der Waals surface area contributed by atoms with Crippen LogP contribution in [0.2, 0.25) is 10.0 Å². The second-order valence-electron chi connectivity index (χ2n) is 9.32. The van der Waals surface area contributed by atoms with Crippen LogP contribution in [-0.4, -0.2) is 81.2 Å². The molecule has 0 spiro atoms. The third kappa shape index (κ3) is 6.55. The Bertz CT molecular complexity index is 1450. The minimum absolute atomic E-state index is 0.131. The van der Waals surface area contributed by atoms with Crippen molar-refractivity contribution in [2.45, 2.75) is 18.2 Å². The first-order chi connectivity index (χ1) is 18.5. The van der Waals surface area contributed by atoms with Crippen molar-refractivity contribution in [1.29, 1.82) is 0 Å². The fourth-order valence-electron chi connectivity index (χ4n) is 4.39. The van der Waals surface area contributed by atoms with Crippen LogP contribution in [0.15, 0.2) is 53.6 Å². The lowest BCUT2D eigenvalue weighted by molar-refractivity contribution is -0.135. The standard InChI is InChI=1S/C26H30Cl2N6O4S/c1-4-32(12-11-31(2)3)24-7-9-29-26(30-24)33-10-8-18-13-21(5-6-23(18)33)34(17-25(35)36)39(37,38)22-15-19(27)14-20(28)16-22/h5-7,9,13-16H,4,8,10-12,17H2,1-3H3,(H,35,36). The topological polar surface area (TPSA) is 110 Å². The summed E-state index contributed by atoms with van der Waals surface area (Å²) >= 11 is 12.1. The quantitative estimate of drug-likeness (QED) is 0.351. The van der Waals surface area contributed by atoms with Gasteiger partial charge in [0.2, 0.25) is 5.95 Å². The Balaban J connectivity index is 1.66. The van der Waals surface area contributed by atoms with E-state index in [0.717, 1.165) is 41.0 Å². The van der Waals surface area contributed by atoms with E-state index in [-0.39, 0.29) is 20.6 Å². The highest BCUT2D eigenvalue weighted by atomic mass is 35.5. The number of carboxylic acid groups (broad SMARTS) is 1. The summed E-state index contributed by atoms with van der Waals surface area (Å²) in [7, 11) is -0.212. The predicted molar refractivity (Wildman–Crippen MR) is 154 cm³/mol. The molecule has 2 aromatic carbocycles. The first kappa shape index (κ1) is 28.9. The Kier molecular flexibility index (Phi) is 8.85. The highest BCUT2D eigenvalue weighted by molar-refractivity contribution is 7.92. The Hall–Kier alpha value is -3.12. The number of hydrogen-bond acceptors (Lipinski definition) is 8. The van der Waals surface area contributed by atoms with Crippen LogP contribution >= 0.6 is 23.2 Å². The number of anilines is 4. The number of sulfonamides is 1. The molecular weight excluding hydrogens is 563 g/mol. The van der Waals surface area contributed by atoms with Crippen LogP contribution in [0.4, 0.5) is 23.1 Å². The number of carbonyl (C=O) groups is 1. The Morgan fingerprint density at radius 1 is 1.08 bits per heavy atom. The number of hydrogen-bond donors (Lipinski definition) is 1. The summed E-state index contributed by atoms with van der Waals surface area (Å²) < 4.78 is 27.8. The maximum atomic E-state index is 13.5. The summed E-state index contributed by atoms with van der Waals surface area (Å²) in [5.74, 6) is 0.0769. The van der Waals surface area contributed by atoms with Crippen molar-refractivity contribution in [3.05, 3.63) is 64.3 Å². The molecule has 0 atom stereocenters. The normalized spacial score (nSPS) is 13.0. The summed E-state index contributed by atoms with van der Waals surface area (Å²) in [5.41, 5.74) is 1.92. The second-order valence-corrected chi connectivity index (χ2v) is 12.1. The highest BCUT2D eigenvalue weighted by Gasteiger charge is 2.30. The van der Waals surface area contributed by atoms with Crippen molar-refractivity contribution >= 4 is 62.3 Å². The molecule has 2 heterocycles. The van der Waals surface area contributed by atoms with Gasteiger partial charge < -0.3 is 19.8 Å². The van der Waals surface area contributed by atoms with Crippen LogP contribution in [0.5, 0.6) is 0 Å². The van der Waals surface area contributed by atoms with Crippen LogP contribution < -0.4 is 14.1 Å². The average Bonchev–Trinajstić information content (AvgIpc) is 3.30. The van der Waals surface area contributed by atoms with E-state index in [2.05, 4.69) is 21.7 Å². The number of halogens is 2. The van der Waals surface area contributed by atoms with E-state index < -0.39 is 22.5 Å². The van der Waals surface area contributed by atoms with Crippen molar-refractivity contribution in [2.24, 2.45) is 0 Å². The zero-order valence-electron chi connectivity index (χ0n) is 21.9. The van der Waals surface area contributed by atoms with Crippen molar-refractivity contribution < 1.29 is 18.3 Å². The molecule has 1 aliphatic heterocycles. The molecule has 3 aromatic rings. The average molecular weight is 594 g/mol. The number of fused-ring (bicyclic) bond motifs is 1. The third-order valence-corrected chi connectivity index (χ3v) is 8.53. The lowest BCUT2D eigenvalue weighted by Gasteiger charge is -2.26. The van der Waals surface area contributed by atoms with Crippen LogP contribution in [0.3, 0.4) is 0 Å². The molecule has 0 aliphatic carbocycles.